The number of rotatable bonds is 4. The number of fused-ring (bicyclic) bond motifs is 13. The van der Waals surface area contributed by atoms with Crippen LogP contribution in [0.1, 0.15) is 0 Å². The molecule has 0 atom stereocenters. The highest BCUT2D eigenvalue weighted by Gasteiger charge is 2.19. The van der Waals surface area contributed by atoms with Crippen LogP contribution >= 0.6 is 11.3 Å². The topological polar surface area (TPSA) is 30.2 Å². The number of hydrogen-bond donors (Lipinski definition) is 0. The summed E-state index contributed by atoms with van der Waals surface area (Å²) in [7, 11) is 0. The minimum Gasteiger partial charge on any atom is -0.291 e. The van der Waals surface area contributed by atoms with Crippen LogP contribution in [-0.2, 0) is 0 Å². The van der Waals surface area contributed by atoms with E-state index in [1.165, 1.54) is 85.9 Å². The van der Waals surface area contributed by atoms with Crippen LogP contribution in [0.2, 0.25) is 0 Å². The Bertz CT molecular complexity index is 3880. The largest absolute Gasteiger partial charge is 0.291 e. The van der Waals surface area contributed by atoms with Crippen molar-refractivity contribution in [2.24, 2.45) is 0 Å². The monoisotopic (exact) mass is 779 g/mol. The van der Waals surface area contributed by atoms with Crippen molar-refractivity contribution in [3.05, 3.63) is 200 Å². The third-order valence-electron chi connectivity index (χ3n) is 12.4. The molecule has 0 amide bonds. The van der Waals surface area contributed by atoms with E-state index < -0.39 is 0 Å². The lowest BCUT2D eigenvalue weighted by molar-refractivity contribution is 1.25. The van der Waals surface area contributed by atoms with Gasteiger partial charge in [-0.05, 0) is 90.8 Å². The van der Waals surface area contributed by atoms with Crippen LogP contribution in [0.5, 0.6) is 0 Å². The minimum absolute atomic E-state index is 1.01. The van der Waals surface area contributed by atoms with Crippen LogP contribution in [0.4, 0.5) is 0 Å². The fraction of sp³-hybridized carbons (Fsp3) is 0. The van der Waals surface area contributed by atoms with E-state index in [-0.39, 0.29) is 0 Å². The molecule has 4 aromatic heterocycles. The lowest BCUT2D eigenvalue weighted by atomic mass is 9.90. The summed E-state index contributed by atoms with van der Waals surface area (Å²) in [4.78, 5) is 10.1. The van der Waals surface area contributed by atoms with Gasteiger partial charge in [0, 0.05) is 37.8 Å². The molecule has 4 heteroatoms. The van der Waals surface area contributed by atoms with E-state index >= 15 is 0 Å². The lowest BCUT2D eigenvalue weighted by Gasteiger charge is -2.14. The summed E-state index contributed by atoms with van der Waals surface area (Å²) in [6.45, 7) is 0. The Labute approximate surface area is 349 Å². The van der Waals surface area contributed by atoms with Crippen molar-refractivity contribution in [3.8, 4) is 44.6 Å². The molecule has 0 aliphatic carbocycles. The van der Waals surface area contributed by atoms with Crippen LogP contribution in [-0.4, -0.2) is 14.4 Å². The van der Waals surface area contributed by atoms with Crippen LogP contribution < -0.4 is 0 Å². The minimum atomic E-state index is 1.01. The van der Waals surface area contributed by atoms with Crippen molar-refractivity contribution < 1.29 is 0 Å². The van der Waals surface area contributed by atoms with E-state index in [0.717, 1.165) is 38.8 Å². The summed E-state index contributed by atoms with van der Waals surface area (Å²) in [5, 5.41) is 10.9. The second-order valence-corrected chi connectivity index (χ2v) is 16.8. The van der Waals surface area contributed by atoms with Crippen molar-refractivity contribution in [2.75, 3.05) is 0 Å². The third-order valence-corrected chi connectivity index (χ3v) is 13.6. The first-order valence-corrected chi connectivity index (χ1v) is 21.2. The lowest BCUT2D eigenvalue weighted by Crippen LogP contribution is -1.93. The molecule has 9 aromatic carbocycles. The first-order chi connectivity index (χ1) is 29.7. The van der Waals surface area contributed by atoms with E-state index in [0.29, 0.717) is 0 Å². The smallest absolute Gasteiger partial charge is 0.156 e. The summed E-state index contributed by atoms with van der Waals surface area (Å²) in [6.07, 6.45) is 1.88. The molecule has 0 saturated carbocycles. The maximum absolute atomic E-state index is 5.40. The second kappa shape index (κ2) is 12.9. The van der Waals surface area contributed by atoms with Gasteiger partial charge in [-0.3, -0.25) is 9.38 Å². The maximum Gasteiger partial charge on any atom is 0.156 e. The van der Waals surface area contributed by atoms with Gasteiger partial charge in [0.1, 0.15) is 0 Å². The van der Waals surface area contributed by atoms with Crippen molar-refractivity contribution in [1.82, 2.24) is 14.4 Å². The summed E-state index contributed by atoms with van der Waals surface area (Å²) in [5.74, 6) is 0. The number of pyridine rings is 2. The molecule has 278 valence electrons. The Kier molecular flexibility index (Phi) is 7.18. The quantitative estimate of drug-likeness (QED) is 0.167. The molecule has 0 radical (unpaired) electrons. The van der Waals surface area contributed by atoms with Crippen LogP contribution in [0.25, 0.3) is 125 Å². The zero-order valence-corrected chi connectivity index (χ0v) is 33.1. The molecule has 13 aromatic rings. The molecule has 13 rings (SSSR count). The van der Waals surface area contributed by atoms with E-state index in [1.807, 2.05) is 23.6 Å². The Morgan fingerprint density at radius 1 is 0.383 bits per heavy atom. The number of nitrogens with zero attached hydrogens (tertiary/aromatic N) is 3. The molecule has 3 nitrogen and oxygen atoms in total. The average Bonchev–Trinajstić information content (AvgIpc) is 3.90. The number of thiophene rings is 1. The van der Waals surface area contributed by atoms with Gasteiger partial charge in [0.2, 0.25) is 0 Å². The summed E-state index contributed by atoms with van der Waals surface area (Å²) >= 11 is 1.83. The molecule has 60 heavy (non-hydrogen) atoms. The van der Waals surface area contributed by atoms with Crippen molar-refractivity contribution in [3.63, 3.8) is 0 Å². The molecule has 0 fully saturated rings. The van der Waals surface area contributed by atoms with E-state index in [4.69, 9.17) is 9.97 Å². The predicted molar refractivity (Wildman–Crippen MR) is 255 cm³/mol. The summed E-state index contributed by atoms with van der Waals surface area (Å²) < 4.78 is 4.88. The standard InChI is InChI=1S/C56H33N3S/c1-2-12-42-34(10-1)27-30-50-54(42)58-56-55-49(46-16-7-8-18-52(46)60-55)33-51(59(50)56)38-25-23-36(24-26-38)41-29-28-40(43-13-3-4-14-44(41)43)35-19-21-37(22-20-35)48-32-39-11-9-31-57-53(39)47-17-6-5-15-45(47)48/h1-33H. The van der Waals surface area contributed by atoms with Gasteiger partial charge >= 0.3 is 0 Å². The SMILES string of the molecule is c1ccc2c(c1)ccc1c2nc2c3sc4ccccc4c3cc(-c3ccc(-c4ccc(-c5ccc(-c6cc7cccnc7c7ccccc67)cc5)c5ccccc45)cc3)n12. The van der Waals surface area contributed by atoms with Gasteiger partial charge in [-0.2, -0.15) is 0 Å². The number of hydrogen-bond acceptors (Lipinski definition) is 3. The first-order valence-electron chi connectivity index (χ1n) is 20.4. The molecule has 0 aliphatic heterocycles. The van der Waals surface area contributed by atoms with Crippen molar-refractivity contribution >= 4 is 91.4 Å². The highest BCUT2D eigenvalue weighted by Crippen LogP contribution is 2.43. The second-order valence-electron chi connectivity index (χ2n) is 15.7. The van der Waals surface area contributed by atoms with Gasteiger partial charge in [0.25, 0.3) is 0 Å². The Balaban J connectivity index is 0.916. The molecular formula is C56H33N3S. The average molecular weight is 780 g/mol. The number of imidazole rings is 1. The van der Waals surface area contributed by atoms with Gasteiger partial charge in [0.15, 0.2) is 5.65 Å². The van der Waals surface area contributed by atoms with Gasteiger partial charge in [-0.15, -0.1) is 11.3 Å². The maximum atomic E-state index is 5.40. The third kappa shape index (κ3) is 4.95. The van der Waals surface area contributed by atoms with E-state index in [1.54, 1.807) is 0 Å². The molecule has 0 saturated heterocycles. The highest BCUT2D eigenvalue weighted by atomic mass is 32.1. The van der Waals surface area contributed by atoms with Crippen molar-refractivity contribution in [2.45, 2.75) is 0 Å². The number of aromatic nitrogens is 3. The normalized spacial score (nSPS) is 12.0. The Morgan fingerprint density at radius 3 is 1.67 bits per heavy atom. The predicted octanol–water partition coefficient (Wildman–Crippen LogP) is 15.5. The van der Waals surface area contributed by atoms with Crippen LogP contribution in [0, 0.1) is 0 Å². The van der Waals surface area contributed by atoms with E-state index in [9.17, 15) is 0 Å². The Morgan fingerprint density at radius 2 is 0.950 bits per heavy atom. The highest BCUT2D eigenvalue weighted by molar-refractivity contribution is 7.26. The molecule has 0 aliphatic rings. The fourth-order valence-corrected chi connectivity index (χ4v) is 10.8. The molecule has 0 spiro atoms. The number of benzene rings is 9. The van der Waals surface area contributed by atoms with Gasteiger partial charge in [-0.1, -0.05) is 164 Å². The first kappa shape index (κ1) is 33.3. The van der Waals surface area contributed by atoms with Gasteiger partial charge in [0.05, 0.1) is 26.9 Å². The zero-order chi connectivity index (χ0) is 39.3. The molecule has 4 heterocycles. The fourth-order valence-electron chi connectivity index (χ4n) is 9.60. The zero-order valence-electron chi connectivity index (χ0n) is 32.3. The molecule has 0 unspecified atom stereocenters. The van der Waals surface area contributed by atoms with Crippen molar-refractivity contribution in [1.29, 1.82) is 0 Å². The summed E-state index contributed by atoms with van der Waals surface area (Å²) in [6, 6.07) is 70.8. The molecular weight excluding hydrogens is 747 g/mol. The van der Waals surface area contributed by atoms with Gasteiger partial charge in [-0.25, -0.2) is 4.98 Å². The Hall–Kier alpha value is -7.66. The molecule has 0 bridgehead atoms. The van der Waals surface area contributed by atoms with Gasteiger partial charge < -0.3 is 0 Å². The van der Waals surface area contributed by atoms with Crippen LogP contribution in [0.3, 0.4) is 0 Å². The van der Waals surface area contributed by atoms with E-state index in [2.05, 4.69) is 192 Å². The van der Waals surface area contributed by atoms with Crippen LogP contribution in [0.15, 0.2) is 200 Å². The molecule has 0 N–H and O–H groups in total. The summed E-state index contributed by atoms with van der Waals surface area (Å²) in [5.41, 5.74) is 13.8.